The highest BCUT2D eigenvalue weighted by Crippen LogP contribution is 2.38. The predicted molar refractivity (Wildman–Crippen MR) is 149 cm³/mol. The van der Waals surface area contributed by atoms with E-state index in [1.54, 1.807) is 25.2 Å². The van der Waals surface area contributed by atoms with Crippen LogP contribution in [0.3, 0.4) is 0 Å². The maximum absolute atomic E-state index is 13.6. The van der Waals surface area contributed by atoms with Crippen LogP contribution in [0.5, 0.6) is 0 Å². The molecule has 4 N–H and O–H groups in total. The van der Waals surface area contributed by atoms with Gasteiger partial charge in [0.1, 0.15) is 5.69 Å². The fraction of sp³-hybridized carbons (Fsp3) is 0.464. The molecule has 6 rings (SSSR count). The zero-order valence-corrected chi connectivity index (χ0v) is 22.4. The highest BCUT2D eigenvalue weighted by atomic mass is 32.1. The predicted octanol–water partition coefficient (Wildman–Crippen LogP) is 5.16. The Kier molecular flexibility index (Phi) is 6.07. The smallest absolute Gasteiger partial charge is 0.253 e. The van der Waals surface area contributed by atoms with E-state index in [0.29, 0.717) is 18.0 Å². The van der Waals surface area contributed by atoms with Gasteiger partial charge in [0.25, 0.3) is 5.91 Å². The fourth-order valence-corrected chi connectivity index (χ4v) is 6.91. The molecule has 1 fully saturated rings. The third kappa shape index (κ3) is 4.66. The number of carbonyl (C=O) groups excluding carboxylic acids is 1. The number of nitrogens with one attached hydrogen (secondary N) is 3. The van der Waals surface area contributed by atoms with Gasteiger partial charge in [-0.1, -0.05) is 19.3 Å². The summed E-state index contributed by atoms with van der Waals surface area (Å²) in [6.45, 7) is 4.42. The van der Waals surface area contributed by atoms with E-state index in [9.17, 15) is 9.90 Å². The molecule has 0 saturated heterocycles. The van der Waals surface area contributed by atoms with E-state index in [2.05, 4.69) is 37.8 Å². The van der Waals surface area contributed by atoms with Gasteiger partial charge in [-0.25, -0.2) is 0 Å². The molecule has 0 spiro atoms. The van der Waals surface area contributed by atoms with Gasteiger partial charge in [0.15, 0.2) is 0 Å². The van der Waals surface area contributed by atoms with Crippen LogP contribution in [-0.2, 0) is 6.42 Å². The number of fused-ring (bicyclic) bond motifs is 2. The van der Waals surface area contributed by atoms with Crippen molar-refractivity contribution in [1.82, 2.24) is 25.5 Å². The van der Waals surface area contributed by atoms with E-state index < -0.39 is 5.60 Å². The van der Waals surface area contributed by atoms with Gasteiger partial charge in [0.2, 0.25) is 0 Å². The van der Waals surface area contributed by atoms with E-state index in [1.807, 2.05) is 30.3 Å². The Morgan fingerprint density at radius 1 is 1.16 bits per heavy atom. The van der Waals surface area contributed by atoms with Crippen LogP contribution in [0.15, 0.2) is 29.4 Å². The van der Waals surface area contributed by atoms with Crippen molar-refractivity contribution >= 4 is 44.6 Å². The van der Waals surface area contributed by atoms with Gasteiger partial charge in [0, 0.05) is 59.5 Å². The molecule has 9 heteroatoms. The van der Waals surface area contributed by atoms with E-state index in [-0.39, 0.29) is 11.8 Å². The largest absolute Gasteiger partial charge is 0.390 e. The summed E-state index contributed by atoms with van der Waals surface area (Å²) in [5, 5.41) is 23.6. The minimum Gasteiger partial charge on any atom is -0.390 e. The number of hydrazone groups is 1. The fourth-order valence-electron chi connectivity index (χ4n) is 5.74. The van der Waals surface area contributed by atoms with Gasteiger partial charge in [-0.3, -0.25) is 9.89 Å². The van der Waals surface area contributed by atoms with Crippen molar-refractivity contribution in [3.8, 4) is 11.4 Å². The average molecular weight is 519 g/mol. The molecule has 2 aliphatic rings. The number of aromatic amines is 2. The average Bonchev–Trinajstić information content (AvgIpc) is 3.65. The van der Waals surface area contributed by atoms with Gasteiger partial charge in [-0.15, -0.1) is 11.3 Å². The number of rotatable bonds is 6. The minimum atomic E-state index is -0.902. The lowest BCUT2D eigenvalue weighted by Gasteiger charge is -2.31. The molecule has 1 aromatic carbocycles. The zero-order valence-electron chi connectivity index (χ0n) is 21.6. The molecule has 1 aliphatic carbocycles. The standard InChI is InChI=1S/C28H34N6O2S/c1-28(2,36)13-17-9-16(27(35)34(3)19-7-5-4-6-8-19)10-21-20(17)11-22(31-21)25-26-23(32-33-25)12-24(37-26)18-14-29-30-15-18/h9-12,14,18-19,30-31,36H,4-8,13,15H2,1-3H3,(H,32,33). The molecule has 4 aromatic rings. The van der Waals surface area contributed by atoms with Crippen molar-refractivity contribution < 1.29 is 9.90 Å². The van der Waals surface area contributed by atoms with Gasteiger partial charge in [-0.05, 0) is 56.5 Å². The minimum absolute atomic E-state index is 0.0406. The summed E-state index contributed by atoms with van der Waals surface area (Å²) in [7, 11) is 1.93. The van der Waals surface area contributed by atoms with E-state index >= 15 is 0 Å². The third-order valence-corrected chi connectivity index (χ3v) is 8.94. The molecule has 1 amide bonds. The number of amides is 1. The van der Waals surface area contributed by atoms with Crippen LogP contribution in [0.4, 0.5) is 0 Å². The second kappa shape index (κ2) is 9.29. The number of aromatic nitrogens is 3. The zero-order chi connectivity index (χ0) is 25.7. The summed E-state index contributed by atoms with van der Waals surface area (Å²) in [6, 6.07) is 8.47. The van der Waals surface area contributed by atoms with Crippen molar-refractivity contribution in [2.75, 3.05) is 13.6 Å². The first-order chi connectivity index (χ1) is 17.8. The summed E-state index contributed by atoms with van der Waals surface area (Å²) >= 11 is 1.73. The quantitative estimate of drug-likeness (QED) is 0.283. The second-order valence-corrected chi connectivity index (χ2v) is 12.3. The number of benzene rings is 1. The number of carbonyl (C=O) groups is 1. The van der Waals surface area contributed by atoms with Gasteiger partial charge in [-0.2, -0.15) is 10.2 Å². The van der Waals surface area contributed by atoms with Crippen molar-refractivity contribution in [2.45, 2.75) is 69.9 Å². The first-order valence-corrected chi connectivity index (χ1v) is 14.0. The highest BCUT2D eigenvalue weighted by molar-refractivity contribution is 7.19. The highest BCUT2D eigenvalue weighted by Gasteiger charge is 2.26. The Balaban J connectivity index is 1.40. The van der Waals surface area contributed by atoms with E-state index in [4.69, 9.17) is 0 Å². The summed E-state index contributed by atoms with van der Waals surface area (Å²) in [5.74, 6) is 0.313. The number of thiophene rings is 1. The SMILES string of the molecule is CN(C(=O)c1cc(CC(C)(C)O)c2cc(-c3n[nH]c4cc(C5C=NNC5)sc34)[nH]c2c1)C1CCCCC1. The summed E-state index contributed by atoms with van der Waals surface area (Å²) in [4.78, 5) is 20.3. The van der Waals surface area contributed by atoms with Crippen molar-refractivity contribution in [3.63, 3.8) is 0 Å². The lowest BCUT2D eigenvalue weighted by atomic mass is 9.92. The van der Waals surface area contributed by atoms with Crippen LogP contribution < -0.4 is 5.43 Å². The molecule has 3 aromatic heterocycles. The Morgan fingerprint density at radius 3 is 2.70 bits per heavy atom. The molecular weight excluding hydrogens is 484 g/mol. The van der Waals surface area contributed by atoms with E-state index in [1.165, 1.54) is 24.1 Å². The van der Waals surface area contributed by atoms with Crippen LogP contribution in [0.1, 0.15) is 72.7 Å². The summed E-state index contributed by atoms with van der Waals surface area (Å²) in [6.07, 6.45) is 8.14. The summed E-state index contributed by atoms with van der Waals surface area (Å²) < 4.78 is 1.10. The molecule has 194 valence electrons. The van der Waals surface area contributed by atoms with Gasteiger partial charge >= 0.3 is 0 Å². The molecule has 1 aliphatic heterocycles. The van der Waals surface area contributed by atoms with Crippen LogP contribution >= 0.6 is 11.3 Å². The number of aliphatic hydroxyl groups is 1. The molecule has 1 unspecified atom stereocenters. The monoisotopic (exact) mass is 518 g/mol. The van der Waals surface area contributed by atoms with Crippen LogP contribution in [-0.4, -0.2) is 62.5 Å². The number of nitrogens with zero attached hydrogens (tertiary/aromatic N) is 3. The third-order valence-electron chi connectivity index (χ3n) is 7.67. The first kappa shape index (κ1) is 24.2. The van der Waals surface area contributed by atoms with Crippen molar-refractivity contribution in [1.29, 1.82) is 0 Å². The molecule has 1 atom stereocenters. The number of hydrogen-bond donors (Lipinski definition) is 4. The molecule has 1 saturated carbocycles. The molecule has 37 heavy (non-hydrogen) atoms. The first-order valence-electron chi connectivity index (χ1n) is 13.2. The van der Waals surface area contributed by atoms with Gasteiger partial charge < -0.3 is 20.4 Å². The molecular formula is C28H34N6O2S. The molecule has 0 bridgehead atoms. The maximum atomic E-state index is 13.6. The molecule has 4 heterocycles. The lowest BCUT2D eigenvalue weighted by Crippen LogP contribution is -2.38. The Morgan fingerprint density at radius 2 is 1.97 bits per heavy atom. The Hall–Kier alpha value is -3.17. The number of H-pyrrole nitrogens is 2. The topological polar surface area (TPSA) is 109 Å². The maximum Gasteiger partial charge on any atom is 0.253 e. The van der Waals surface area contributed by atoms with Crippen molar-refractivity contribution in [2.24, 2.45) is 5.10 Å². The molecule has 8 nitrogen and oxygen atoms in total. The number of hydrogen-bond acceptors (Lipinski definition) is 6. The van der Waals surface area contributed by atoms with Gasteiger partial charge in [0.05, 0.1) is 21.5 Å². The summed E-state index contributed by atoms with van der Waals surface area (Å²) in [5.41, 5.74) is 7.41. The van der Waals surface area contributed by atoms with Crippen LogP contribution in [0.25, 0.3) is 32.5 Å². The normalized spacial score (nSPS) is 18.6. The van der Waals surface area contributed by atoms with Crippen LogP contribution in [0.2, 0.25) is 0 Å². The second-order valence-electron chi connectivity index (χ2n) is 11.2. The van der Waals surface area contributed by atoms with Crippen molar-refractivity contribution in [3.05, 3.63) is 40.3 Å². The Bertz CT molecular complexity index is 1480. The van der Waals surface area contributed by atoms with Crippen LogP contribution in [0, 0.1) is 0 Å². The lowest BCUT2D eigenvalue weighted by molar-refractivity contribution is 0.0693. The molecule has 0 radical (unpaired) electrons. The Labute approximate surface area is 220 Å². The van der Waals surface area contributed by atoms with E-state index in [0.717, 1.165) is 57.5 Å².